The second-order valence-electron chi connectivity index (χ2n) is 3.60. The molecule has 0 aromatic carbocycles. The molecule has 0 aliphatic carbocycles. The first-order chi connectivity index (χ1) is 6.70. The van der Waals surface area contributed by atoms with Gasteiger partial charge in [-0.3, -0.25) is 0 Å². The second-order valence-corrected chi connectivity index (χ2v) is 5.54. The Bertz CT molecular complexity index is 331. The van der Waals surface area contributed by atoms with E-state index in [1.807, 2.05) is 23.4 Å². The van der Waals surface area contributed by atoms with Crippen LogP contribution in [0.15, 0.2) is 4.47 Å². The standard InChI is InChI=1S/C9H14BrN3S/c1-6-8(10)9(11)13(12-6)7-3-2-4-14-5-7/h7H,2-5,11H2,1H3. The zero-order valence-electron chi connectivity index (χ0n) is 8.16. The summed E-state index contributed by atoms with van der Waals surface area (Å²) in [6.45, 7) is 1.98. The zero-order valence-corrected chi connectivity index (χ0v) is 10.6. The lowest BCUT2D eigenvalue weighted by molar-refractivity contribution is 0.459. The first-order valence-corrected chi connectivity index (χ1v) is 6.72. The molecule has 1 aliphatic rings. The Morgan fingerprint density at radius 1 is 1.64 bits per heavy atom. The number of nitrogen functional groups attached to an aromatic ring is 1. The van der Waals surface area contributed by atoms with E-state index < -0.39 is 0 Å². The van der Waals surface area contributed by atoms with Gasteiger partial charge in [0.25, 0.3) is 0 Å². The molecular weight excluding hydrogens is 262 g/mol. The first kappa shape index (κ1) is 10.4. The van der Waals surface area contributed by atoms with Crippen LogP contribution in [0.4, 0.5) is 5.82 Å². The normalized spacial score (nSPS) is 22.6. The number of nitrogens with zero attached hydrogens (tertiary/aromatic N) is 2. The molecule has 78 valence electrons. The van der Waals surface area contributed by atoms with Crippen molar-refractivity contribution in [1.82, 2.24) is 9.78 Å². The van der Waals surface area contributed by atoms with Gasteiger partial charge in [-0.2, -0.15) is 16.9 Å². The van der Waals surface area contributed by atoms with Crippen LogP contribution in [-0.4, -0.2) is 21.3 Å². The van der Waals surface area contributed by atoms with Gasteiger partial charge in [0.15, 0.2) is 0 Å². The van der Waals surface area contributed by atoms with Crippen molar-refractivity contribution in [3.05, 3.63) is 10.2 Å². The van der Waals surface area contributed by atoms with Crippen molar-refractivity contribution in [2.24, 2.45) is 0 Å². The van der Waals surface area contributed by atoms with Gasteiger partial charge >= 0.3 is 0 Å². The number of nitrogens with two attached hydrogens (primary N) is 1. The van der Waals surface area contributed by atoms with E-state index in [1.165, 1.54) is 18.6 Å². The number of anilines is 1. The van der Waals surface area contributed by atoms with Crippen LogP contribution in [0.3, 0.4) is 0 Å². The molecule has 2 N–H and O–H groups in total. The van der Waals surface area contributed by atoms with Crippen LogP contribution in [0.1, 0.15) is 24.6 Å². The van der Waals surface area contributed by atoms with Crippen LogP contribution in [0.2, 0.25) is 0 Å². The second kappa shape index (κ2) is 4.14. The van der Waals surface area contributed by atoms with Crippen molar-refractivity contribution < 1.29 is 0 Å². The van der Waals surface area contributed by atoms with E-state index in [9.17, 15) is 0 Å². The maximum Gasteiger partial charge on any atom is 0.136 e. The van der Waals surface area contributed by atoms with E-state index in [-0.39, 0.29) is 0 Å². The summed E-state index contributed by atoms with van der Waals surface area (Å²) in [5.41, 5.74) is 6.96. The molecule has 1 aromatic rings. The van der Waals surface area contributed by atoms with Gasteiger partial charge in [-0.15, -0.1) is 0 Å². The van der Waals surface area contributed by atoms with Crippen molar-refractivity contribution in [3.8, 4) is 0 Å². The van der Waals surface area contributed by atoms with Crippen LogP contribution in [0, 0.1) is 6.92 Å². The van der Waals surface area contributed by atoms with Crippen LogP contribution < -0.4 is 5.73 Å². The maximum atomic E-state index is 5.98. The number of aromatic nitrogens is 2. The Morgan fingerprint density at radius 2 is 2.43 bits per heavy atom. The van der Waals surface area contributed by atoms with Gasteiger partial charge in [-0.25, -0.2) is 4.68 Å². The third-order valence-corrected chi connectivity index (χ3v) is 4.71. The molecule has 0 bridgehead atoms. The highest BCUT2D eigenvalue weighted by atomic mass is 79.9. The average Bonchev–Trinajstić information content (AvgIpc) is 2.47. The summed E-state index contributed by atoms with van der Waals surface area (Å²) in [6, 6.07) is 0.485. The molecule has 0 amide bonds. The van der Waals surface area contributed by atoms with Gasteiger partial charge in [-0.05, 0) is 41.4 Å². The van der Waals surface area contributed by atoms with Crippen molar-refractivity contribution in [2.45, 2.75) is 25.8 Å². The predicted octanol–water partition coefficient (Wildman–Crippen LogP) is 2.60. The molecule has 3 nitrogen and oxygen atoms in total. The molecule has 1 aromatic heterocycles. The molecule has 2 heterocycles. The van der Waals surface area contributed by atoms with E-state index in [2.05, 4.69) is 21.0 Å². The lowest BCUT2D eigenvalue weighted by Crippen LogP contribution is -2.19. The lowest BCUT2D eigenvalue weighted by atomic mass is 10.2. The van der Waals surface area contributed by atoms with Crippen molar-refractivity contribution in [1.29, 1.82) is 0 Å². The molecule has 0 radical (unpaired) electrons. The summed E-state index contributed by atoms with van der Waals surface area (Å²) in [4.78, 5) is 0. The molecule has 1 fully saturated rings. The maximum absolute atomic E-state index is 5.98. The molecule has 1 aliphatic heterocycles. The highest BCUT2D eigenvalue weighted by Crippen LogP contribution is 2.32. The summed E-state index contributed by atoms with van der Waals surface area (Å²) in [5, 5.41) is 4.46. The summed E-state index contributed by atoms with van der Waals surface area (Å²) in [6.07, 6.45) is 2.47. The van der Waals surface area contributed by atoms with Crippen molar-refractivity contribution in [3.63, 3.8) is 0 Å². The van der Waals surface area contributed by atoms with E-state index in [4.69, 9.17) is 5.73 Å². The number of hydrogen-bond donors (Lipinski definition) is 1. The molecule has 0 saturated carbocycles. The van der Waals surface area contributed by atoms with Crippen LogP contribution in [-0.2, 0) is 0 Å². The largest absolute Gasteiger partial charge is 0.383 e. The number of rotatable bonds is 1. The summed E-state index contributed by atoms with van der Waals surface area (Å²) in [5.74, 6) is 3.19. The highest BCUT2D eigenvalue weighted by Gasteiger charge is 2.20. The third kappa shape index (κ3) is 1.80. The predicted molar refractivity (Wildman–Crippen MR) is 64.7 cm³/mol. The molecule has 1 saturated heterocycles. The van der Waals surface area contributed by atoms with Crippen molar-refractivity contribution >= 4 is 33.5 Å². The van der Waals surface area contributed by atoms with E-state index in [0.717, 1.165) is 21.7 Å². The van der Waals surface area contributed by atoms with Gasteiger partial charge in [0, 0.05) is 5.75 Å². The fraction of sp³-hybridized carbons (Fsp3) is 0.667. The summed E-state index contributed by atoms with van der Waals surface area (Å²) in [7, 11) is 0. The van der Waals surface area contributed by atoms with Crippen LogP contribution in [0.5, 0.6) is 0 Å². The van der Waals surface area contributed by atoms with E-state index >= 15 is 0 Å². The molecule has 5 heteroatoms. The monoisotopic (exact) mass is 275 g/mol. The molecule has 14 heavy (non-hydrogen) atoms. The number of aryl methyl sites for hydroxylation is 1. The third-order valence-electron chi connectivity index (χ3n) is 2.53. The van der Waals surface area contributed by atoms with Gasteiger partial charge in [-0.1, -0.05) is 0 Å². The average molecular weight is 276 g/mol. The molecule has 0 spiro atoms. The molecule has 1 atom stereocenters. The van der Waals surface area contributed by atoms with Gasteiger partial charge < -0.3 is 5.73 Å². The fourth-order valence-electron chi connectivity index (χ4n) is 1.74. The SMILES string of the molecule is Cc1nn(C2CCCSC2)c(N)c1Br. The first-order valence-electron chi connectivity index (χ1n) is 4.78. The quantitative estimate of drug-likeness (QED) is 0.857. The number of thioether (sulfide) groups is 1. The Kier molecular flexibility index (Phi) is 3.07. The van der Waals surface area contributed by atoms with Crippen molar-refractivity contribution in [2.75, 3.05) is 17.2 Å². The van der Waals surface area contributed by atoms with Crippen LogP contribution in [0.25, 0.3) is 0 Å². The van der Waals surface area contributed by atoms with Crippen LogP contribution >= 0.6 is 27.7 Å². The van der Waals surface area contributed by atoms with Gasteiger partial charge in [0.1, 0.15) is 5.82 Å². The zero-order chi connectivity index (χ0) is 10.1. The van der Waals surface area contributed by atoms with E-state index in [0.29, 0.717) is 6.04 Å². The highest BCUT2D eigenvalue weighted by molar-refractivity contribution is 9.10. The topological polar surface area (TPSA) is 43.8 Å². The minimum absolute atomic E-state index is 0.485. The Labute approximate surface area is 96.6 Å². The minimum Gasteiger partial charge on any atom is -0.383 e. The molecular formula is C9H14BrN3S. The van der Waals surface area contributed by atoms with E-state index in [1.54, 1.807) is 0 Å². The smallest absolute Gasteiger partial charge is 0.136 e. The summed E-state index contributed by atoms with van der Waals surface area (Å²) >= 11 is 5.44. The minimum atomic E-state index is 0.485. The summed E-state index contributed by atoms with van der Waals surface area (Å²) < 4.78 is 2.93. The molecule has 2 rings (SSSR count). The van der Waals surface area contributed by atoms with Gasteiger partial charge in [0.05, 0.1) is 16.2 Å². The molecule has 1 unspecified atom stereocenters. The van der Waals surface area contributed by atoms with Gasteiger partial charge in [0.2, 0.25) is 0 Å². The Balaban J connectivity index is 2.26. The lowest BCUT2D eigenvalue weighted by Gasteiger charge is -2.22. The Hall–Kier alpha value is -0.160. The fourth-order valence-corrected chi connectivity index (χ4v) is 3.12. The Morgan fingerprint density at radius 3 is 2.93 bits per heavy atom. The number of halogens is 1. The number of hydrogen-bond acceptors (Lipinski definition) is 3.